The maximum Gasteiger partial charge on any atom is 0.345 e. The normalized spacial score (nSPS) is 11.2. The van der Waals surface area contributed by atoms with E-state index < -0.39 is 5.69 Å². The highest BCUT2D eigenvalue weighted by Crippen LogP contribution is 2.27. The van der Waals surface area contributed by atoms with Gasteiger partial charge in [0, 0.05) is 11.3 Å². The van der Waals surface area contributed by atoms with E-state index in [1.165, 1.54) is 0 Å². The van der Waals surface area contributed by atoms with E-state index in [-0.39, 0.29) is 0 Å². The molecule has 0 spiro atoms. The van der Waals surface area contributed by atoms with Gasteiger partial charge >= 0.3 is 5.69 Å². The molecule has 0 aliphatic heterocycles. The maximum atomic E-state index is 12.3. The summed E-state index contributed by atoms with van der Waals surface area (Å²) in [5.41, 5.74) is 5.80. The summed E-state index contributed by atoms with van der Waals surface area (Å²) in [6, 6.07) is 24.9. The van der Waals surface area contributed by atoms with Crippen molar-refractivity contribution in [1.82, 2.24) is 29.5 Å². The van der Waals surface area contributed by atoms with Crippen molar-refractivity contribution in [2.45, 2.75) is 6.92 Å². The van der Waals surface area contributed by atoms with Gasteiger partial charge in [0.1, 0.15) is 11.6 Å². The topological polar surface area (TPSA) is 110 Å². The minimum atomic E-state index is -0.412. The van der Waals surface area contributed by atoms with Gasteiger partial charge in [-0.25, -0.2) is 9.78 Å². The van der Waals surface area contributed by atoms with Gasteiger partial charge in [0.2, 0.25) is 5.65 Å². The number of H-pyrrole nitrogens is 1. The molecule has 3 aromatic carbocycles. The van der Waals surface area contributed by atoms with Crippen LogP contribution in [0.4, 0.5) is 11.5 Å². The molecule has 2 N–H and O–H groups in total. The van der Waals surface area contributed by atoms with Crippen LogP contribution in [0.3, 0.4) is 0 Å². The first-order valence-electron chi connectivity index (χ1n) is 11.3. The lowest BCUT2D eigenvalue weighted by molar-refractivity contribution is 0.415. The molecule has 9 heteroatoms. The van der Waals surface area contributed by atoms with Crippen LogP contribution in [-0.2, 0) is 0 Å². The number of aromatic amines is 1. The minimum Gasteiger partial charge on any atom is -0.497 e. The summed E-state index contributed by atoms with van der Waals surface area (Å²) in [7, 11) is 1.61. The lowest BCUT2D eigenvalue weighted by Gasteiger charge is -2.11. The first-order chi connectivity index (χ1) is 17.6. The molecule has 0 bridgehead atoms. The molecule has 6 rings (SSSR count). The average Bonchev–Trinajstić information content (AvgIpc) is 3.31. The fourth-order valence-corrected chi connectivity index (χ4v) is 4.20. The van der Waals surface area contributed by atoms with Crippen LogP contribution in [0.1, 0.15) is 5.82 Å². The standard InChI is InChI=1S/C27H21N7O2/c1-16-32-33-26-25(29-21-5-3-4-6-24(21)34(16)26)28-19-11-7-17(8-12-19)22-15-23(31-27(35)30-22)18-9-13-20(36-2)14-10-18/h3-15H,1-2H3,(H,28,29)(H,30,31,35). The zero-order chi connectivity index (χ0) is 24.6. The Kier molecular flexibility index (Phi) is 5.15. The summed E-state index contributed by atoms with van der Waals surface area (Å²) in [6.07, 6.45) is 0. The number of rotatable bonds is 5. The number of nitrogens with zero attached hydrogens (tertiary/aromatic N) is 5. The third-order valence-corrected chi connectivity index (χ3v) is 5.98. The zero-order valence-electron chi connectivity index (χ0n) is 19.6. The van der Waals surface area contributed by atoms with Crippen molar-refractivity contribution in [3.05, 3.63) is 95.2 Å². The maximum absolute atomic E-state index is 12.3. The Balaban J connectivity index is 1.33. The molecule has 0 amide bonds. The Bertz CT molecular complexity index is 1770. The molecule has 3 aromatic heterocycles. The van der Waals surface area contributed by atoms with Crippen LogP contribution in [0.25, 0.3) is 39.2 Å². The zero-order valence-corrected chi connectivity index (χ0v) is 19.6. The van der Waals surface area contributed by atoms with Crippen LogP contribution in [0.15, 0.2) is 83.7 Å². The van der Waals surface area contributed by atoms with Gasteiger partial charge in [-0.1, -0.05) is 24.3 Å². The summed E-state index contributed by atoms with van der Waals surface area (Å²) in [4.78, 5) is 24.0. The van der Waals surface area contributed by atoms with E-state index in [4.69, 9.17) is 9.72 Å². The fraction of sp³-hybridized carbons (Fsp3) is 0.0741. The molecule has 36 heavy (non-hydrogen) atoms. The molecule has 0 aliphatic carbocycles. The molecule has 3 heterocycles. The number of methoxy groups -OCH3 is 1. The summed E-state index contributed by atoms with van der Waals surface area (Å²) in [5, 5.41) is 11.9. The molecule has 6 aromatic rings. The lowest BCUT2D eigenvalue weighted by Crippen LogP contribution is -2.11. The predicted molar refractivity (Wildman–Crippen MR) is 139 cm³/mol. The molecule has 176 valence electrons. The molecular weight excluding hydrogens is 454 g/mol. The van der Waals surface area contributed by atoms with Crippen molar-refractivity contribution >= 4 is 28.2 Å². The molecule has 0 saturated carbocycles. The Morgan fingerprint density at radius 2 is 1.64 bits per heavy atom. The Morgan fingerprint density at radius 3 is 2.42 bits per heavy atom. The average molecular weight is 476 g/mol. The fourth-order valence-electron chi connectivity index (χ4n) is 4.20. The highest BCUT2D eigenvalue weighted by atomic mass is 16.5. The molecule has 0 atom stereocenters. The largest absolute Gasteiger partial charge is 0.497 e. The second kappa shape index (κ2) is 8.62. The van der Waals surface area contributed by atoms with E-state index in [2.05, 4.69) is 25.5 Å². The third kappa shape index (κ3) is 3.82. The van der Waals surface area contributed by atoms with Crippen LogP contribution in [0.2, 0.25) is 0 Å². The van der Waals surface area contributed by atoms with Gasteiger partial charge in [0.05, 0.1) is 29.5 Å². The van der Waals surface area contributed by atoms with Crippen molar-refractivity contribution in [3.63, 3.8) is 0 Å². The molecule has 9 nitrogen and oxygen atoms in total. The number of anilines is 2. The van der Waals surface area contributed by atoms with Crippen molar-refractivity contribution in [2.75, 3.05) is 12.4 Å². The number of para-hydroxylation sites is 2. The van der Waals surface area contributed by atoms with E-state index in [1.54, 1.807) is 7.11 Å². The molecular formula is C27H21N7O2. The van der Waals surface area contributed by atoms with Crippen molar-refractivity contribution in [3.8, 4) is 28.3 Å². The summed E-state index contributed by atoms with van der Waals surface area (Å²) in [6.45, 7) is 1.92. The highest BCUT2D eigenvalue weighted by molar-refractivity contribution is 5.84. The van der Waals surface area contributed by atoms with Crippen LogP contribution in [0.5, 0.6) is 5.75 Å². The number of aryl methyl sites for hydroxylation is 1. The van der Waals surface area contributed by atoms with Crippen LogP contribution in [0, 0.1) is 6.92 Å². The Labute approximate surface area is 205 Å². The smallest absolute Gasteiger partial charge is 0.345 e. The van der Waals surface area contributed by atoms with Crippen molar-refractivity contribution in [1.29, 1.82) is 0 Å². The molecule has 0 fully saturated rings. The lowest BCUT2D eigenvalue weighted by atomic mass is 10.1. The van der Waals surface area contributed by atoms with Gasteiger partial charge < -0.3 is 15.0 Å². The van der Waals surface area contributed by atoms with Gasteiger partial charge in [-0.3, -0.25) is 4.40 Å². The van der Waals surface area contributed by atoms with Gasteiger partial charge in [0.15, 0.2) is 5.82 Å². The van der Waals surface area contributed by atoms with Crippen LogP contribution in [-0.4, -0.2) is 36.7 Å². The van der Waals surface area contributed by atoms with Gasteiger partial charge in [-0.05, 0) is 67.1 Å². The minimum absolute atomic E-state index is 0.412. The van der Waals surface area contributed by atoms with E-state index in [0.717, 1.165) is 39.4 Å². The second-order valence-electron chi connectivity index (χ2n) is 8.27. The molecule has 0 unspecified atom stereocenters. The summed E-state index contributed by atoms with van der Waals surface area (Å²) < 4.78 is 7.20. The molecule has 0 saturated heterocycles. The van der Waals surface area contributed by atoms with E-state index >= 15 is 0 Å². The van der Waals surface area contributed by atoms with E-state index in [9.17, 15) is 4.79 Å². The number of nitrogens with one attached hydrogen (secondary N) is 2. The van der Waals surface area contributed by atoms with E-state index in [0.29, 0.717) is 22.9 Å². The van der Waals surface area contributed by atoms with E-state index in [1.807, 2.05) is 90.2 Å². The van der Waals surface area contributed by atoms with Crippen molar-refractivity contribution < 1.29 is 4.74 Å². The number of fused-ring (bicyclic) bond motifs is 3. The van der Waals surface area contributed by atoms with Gasteiger partial charge in [0.25, 0.3) is 0 Å². The Hall–Kier alpha value is -5.05. The van der Waals surface area contributed by atoms with Crippen molar-refractivity contribution in [2.24, 2.45) is 0 Å². The first kappa shape index (κ1) is 21.5. The number of aromatic nitrogens is 6. The van der Waals surface area contributed by atoms with Crippen LogP contribution < -0.4 is 15.7 Å². The first-order valence-corrected chi connectivity index (χ1v) is 11.3. The predicted octanol–water partition coefficient (Wildman–Crippen LogP) is 4.76. The summed E-state index contributed by atoms with van der Waals surface area (Å²) >= 11 is 0. The molecule has 0 aliphatic rings. The molecule has 0 radical (unpaired) electrons. The quantitative estimate of drug-likeness (QED) is 0.370. The second-order valence-corrected chi connectivity index (χ2v) is 8.27. The Morgan fingerprint density at radius 1 is 0.889 bits per heavy atom. The monoisotopic (exact) mass is 475 g/mol. The SMILES string of the molecule is COc1ccc(-c2cc(-c3ccc(Nc4nc5ccccc5n5c(C)nnc45)cc3)[nH]c(=O)n2)cc1. The number of benzene rings is 3. The third-order valence-electron chi connectivity index (χ3n) is 5.98. The van der Waals surface area contributed by atoms with Crippen LogP contribution >= 0.6 is 0 Å². The van der Waals surface area contributed by atoms with Gasteiger partial charge in [-0.2, -0.15) is 4.98 Å². The highest BCUT2D eigenvalue weighted by Gasteiger charge is 2.13. The number of hydrogen-bond donors (Lipinski definition) is 2. The van der Waals surface area contributed by atoms with Gasteiger partial charge in [-0.15, -0.1) is 10.2 Å². The number of hydrogen-bond acceptors (Lipinski definition) is 7. The number of ether oxygens (including phenoxy) is 1. The summed E-state index contributed by atoms with van der Waals surface area (Å²) in [5.74, 6) is 2.14.